The highest BCUT2D eigenvalue weighted by atomic mass is 16.6. The smallest absolute Gasteiger partial charge is 0.410 e. The van der Waals surface area contributed by atoms with E-state index in [1.807, 2.05) is 32.9 Å². The number of likely N-dealkylation sites (tertiary alicyclic amines) is 1. The molecule has 1 fully saturated rings. The van der Waals surface area contributed by atoms with E-state index in [1.54, 1.807) is 17.3 Å². The minimum Gasteiger partial charge on any atom is -0.488 e. The van der Waals surface area contributed by atoms with Gasteiger partial charge in [0.05, 0.1) is 6.54 Å². The predicted molar refractivity (Wildman–Crippen MR) is 71.1 cm³/mol. The first-order valence-corrected chi connectivity index (χ1v) is 6.49. The molecule has 0 radical (unpaired) electrons. The molecule has 5 nitrogen and oxygen atoms in total. The zero-order chi connectivity index (χ0) is 13.9. The van der Waals surface area contributed by atoms with Crippen LogP contribution in [0.15, 0.2) is 24.5 Å². The minimum atomic E-state index is -0.457. The largest absolute Gasteiger partial charge is 0.488 e. The molecule has 1 aliphatic heterocycles. The Labute approximate surface area is 113 Å². The monoisotopic (exact) mass is 264 g/mol. The van der Waals surface area contributed by atoms with Gasteiger partial charge in [-0.1, -0.05) is 0 Å². The van der Waals surface area contributed by atoms with Gasteiger partial charge in [-0.15, -0.1) is 0 Å². The van der Waals surface area contributed by atoms with Crippen molar-refractivity contribution in [2.24, 2.45) is 0 Å². The van der Waals surface area contributed by atoms with Gasteiger partial charge in [-0.2, -0.15) is 0 Å². The van der Waals surface area contributed by atoms with Crippen LogP contribution in [0.5, 0.6) is 5.75 Å². The third kappa shape index (κ3) is 4.12. The maximum Gasteiger partial charge on any atom is 0.410 e. The molecular formula is C14H20N2O3. The molecule has 104 valence electrons. The normalized spacial score (nSPS) is 19.3. The maximum atomic E-state index is 11.9. The summed E-state index contributed by atoms with van der Waals surface area (Å²) in [6.07, 6.45) is 3.95. The van der Waals surface area contributed by atoms with Crippen LogP contribution in [0.25, 0.3) is 0 Å². The summed E-state index contributed by atoms with van der Waals surface area (Å²) in [6.45, 7) is 6.84. The van der Waals surface area contributed by atoms with Crippen molar-refractivity contribution in [2.45, 2.75) is 38.9 Å². The molecule has 2 heterocycles. The van der Waals surface area contributed by atoms with Gasteiger partial charge in [-0.3, -0.25) is 4.98 Å². The first kappa shape index (κ1) is 13.6. The average molecular weight is 264 g/mol. The van der Waals surface area contributed by atoms with Gasteiger partial charge < -0.3 is 14.4 Å². The van der Waals surface area contributed by atoms with Crippen molar-refractivity contribution in [1.82, 2.24) is 9.88 Å². The van der Waals surface area contributed by atoms with Crippen molar-refractivity contribution < 1.29 is 14.3 Å². The number of amides is 1. The van der Waals surface area contributed by atoms with E-state index in [4.69, 9.17) is 9.47 Å². The molecule has 0 bridgehead atoms. The van der Waals surface area contributed by atoms with Crippen molar-refractivity contribution >= 4 is 6.09 Å². The molecule has 1 saturated heterocycles. The highest BCUT2D eigenvalue weighted by Gasteiger charge is 2.30. The third-order valence-electron chi connectivity index (χ3n) is 2.75. The fraction of sp³-hybridized carbons (Fsp3) is 0.571. The Hall–Kier alpha value is -1.78. The molecule has 0 aromatic carbocycles. The van der Waals surface area contributed by atoms with Crippen LogP contribution in [-0.4, -0.2) is 40.8 Å². The molecular weight excluding hydrogens is 244 g/mol. The first-order chi connectivity index (χ1) is 8.94. The number of aromatic nitrogens is 1. The second kappa shape index (κ2) is 5.47. The lowest BCUT2D eigenvalue weighted by Gasteiger charge is -2.24. The van der Waals surface area contributed by atoms with Crippen LogP contribution in [0, 0.1) is 0 Å². The van der Waals surface area contributed by atoms with Crippen molar-refractivity contribution in [3.05, 3.63) is 24.5 Å². The molecule has 1 aliphatic rings. The second-order valence-corrected chi connectivity index (χ2v) is 5.64. The van der Waals surface area contributed by atoms with Crippen LogP contribution in [0.1, 0.15) is 27.2 Å². The zero-order valence-electron chi connectivity index (χ0n) is 11.6. The lowest BCUT2D eigenvalue weighted by molar-refractivity contribution is 0.0275. The Balaban J connectivity index is 1.85. The number of carbonyl (C=O) groups excluding carboxylic acids is 1. The van der Waals surface area contributed by atoms with E-state index in [0.717, 1.165) is 12.2 Å². The molecule has 0 spiro atoms. The van der Waals surface area contributed by atoms with Gasteiger partial charge in [-0.25, -0.2) is 4.79 Å². The van der Waals surface area contributed by atoms with Crippen LogP contribution in [0.2, 0.25) is 0 Å². The Morgan fingerprint density at radius 2 is 2.05 bits per heavy atom. The van der Waals surface area contributed by atoms with Crippen molar-refractivity contribution in [2.75, 3.05) is 13.1 Å². The summed E-state index contributed by atoms with van der Waals surface area (Å²) in [5, 5.41) is 0. The Morgan fingerprint density at radius 1 is 1.37 bits per heavy atom. The predicted octanol–water partition coefficient (Wildman–Crippen LogP) is 2.47. The van der Waals surface area contributed by atoms with E-state index in [9.17, 15) is 4.79 Å². The van der Waals surface area contributed by atoms with E-state index in [-0.39, 0.29) is 12.2 Å². The fourth-order valence-electron chi connectivity index (χ4n) is 1.93. The molecule has 1 unspecified atom stereocenters. The number of hydrogen-bond acceptors (Lipinski definition) is 4. The minimum absolute atomic E-state index is 0.0231. The quantitative estimate of drug-likeness (QED) is 0.823. The molecule has 5 heteroatoms. The van der Waals surface area contributed by atoms with Gasteiger partial charge in [-0.05, 0) is 32.9 Å². The molecule has 19 heavy (non-hydrogen) atoms. The number of pyridine rings is 1. The Morgan fingerprint density at radius 3 is 2.68 bits per heavy atom. The SMILES string of the molecule is CC(C)(C)OC(=O)N1CCC(Oc2ccncc2)C1. The van der Waals surface area contributed by atoms with E-state index in [2.05, 4.69) is 4.98 Å². The number of nitrogens with zero attached hydrogens (tertiary/aromatic N) is 2. The summed E-state index contributed by atoms with van der Waals surface area (Å²) >= 11 is 0. The third-order valence-corrected chi connectivity index (χ3v) is 2.75. The standard InChI is InChI=1S/C14H20N2O3/c1-14(2,3)19-13(17)16-9-6-12(10-16)18-11-4-7-15-8-5-11/h4-5,7-8,12H,6,9-10H2,1-3H3. The van der Waals surface area contributed by atoms with Crippen LogP contribution in [-0.2, 0) is 4.74 Å². The van der Waals surface area contributed by atoms with Crippen LogP contribution < -0.4 is 4.74 Å². The van der Waals surface area contributed by atoms with E-state index in [1.165, 1.54) is 0 Å². The average Bonchev–Trinajstić information content (AvgIpc) is 2.77. The summed E-state index contributed by atoms with van der Waals surface area (Å²) in [7, 11) is 0. The number of ether oxygens (including phenoxy) is 2. The lowest BCUT2D eigenvalue weighted by atomic mass is 10.2. The van der Waals surface area contributed by atoms with E-state index >= 15 is 0 Å². The zero-order valence-corrected chi connectivity index (χ0v) is 11.6. The maximum absolute atomic E-state index is 11.9. The molecule has 0 N–H and O–H groups in total. The van der Waals surface area contributed by atoms with Crippen LogP contribution in [0.4, 0.5) is 4.79 Å². The molecule has 1 aromatic heterocycles. The summed E-state index contributed by atoms with van der Waals surface area (Å²) in [5.74, 6) is 0.783. The van der Waals surface area contributed by atoms with Crippen LogP contribution >= 0.6 is 0 Å². The Bertz CT molecular complexity index is 428. The van der Waals surface area contributed by atoms with E-state index < -0.39 is 5.60 Å². The fourth-order valence-corrected chi connectivity index (χ4v) is 1.93. The lowest BCUT2D eigenvalue weighted by Crippen LogP contribution is -2.36. The topological polar surface area (TPSA) is 51.7 Å². The van der Waals surface area contributed by atoms with E-state index in [0.29, 0.717) is 13.1 Å². The Kier molecular flexibility index (Phi) is 3.93. The van der Waals surface area contributed by atoms with Gasteiger partial charge in [0.2, 0.25) is 0 Å². The van der Waals surface area contributed by atoms with Crippen molar-refractivity contribution in [3.63, 3.8) is 0 Å². The van der Waals surface area contributed by atoms with Crippen molar-refractivity contribution in [1.29, 1.82) is 0 Å². The highest BCUT2D eigenvalue weighted by Crippen LogP contribution is 2.19. The molecule has 0 saturated carbocycles. The number of carbonyl (C=O) groups is 1. The van der Waals surface area contributed by atoms with Crippen molar-refractivity contribution in [3.8, 4) is 5.75 Å². The highest BCUT2D eigenvalue weighted by molar-refractivity contribution is 5.68. The summed E-state index contributed by atoms with van der Waals surface area (Å²) in [5.41, 5.74) is -0.457. The second-order valence-electron chi connectivity index (χ2n) is 5.64. The number of hydrogen-bond donors (Lipinski definition) is 0. The summed E-state index contributed by atoms with van der Waals surface area (Å²) in [6, 6.07) is 3.63. The first-order valence-electron chi connectivity index (χ1n) is 6.49. The molecule has 1 aromatic rings. The van der Waals surface area contributed by atoms with Crippen LogP contribution in [0.3, 0.4) is 0 Å². The van der Waals surface area contributed by atoms with Gasteiger partial charge >= 0.3 is 6.09 Å². The number of rotatable bonds is 2. The molecule has 1 atom stereocenters. The van der Waals surface area contributed by atoms with Gasteiger partial charge in [0.1, 0.15) is 17.5 Å². The summed E-state index contributed by atoms with van der Waals surface area (Å²) < 4.78 is 11.1. The summed E-state index contributed by atoms with van der Waals surface area (Å²) in [4.78, 5) is 17.5. The van der Waals surface area contributed by atoms with Gasteiger partial charge in [0, 0.05) is 25.4 Å². The van der Waals surface area contributed by atoms with Gasteiger partial charge in [0.15, 0.2) is 0 Å². The molecule has 1 amide bonds. The molecule has 2 rings (SSSR count). The molecule has 0 aliphatic carbocycles. The van der Waals surface area contributed by atoms with Gasteiger partial charge in [0.25, 0.3) is 0 Å².